The van der Waals surface area contributed by atoms with E-state index in [4.69, 9.17) is 5.11 Å². The number of carboxylic acids is 1. The summed E-state index contributed by atoms with van der Waals surface area (Å²) in [7, 11) is 0. The Balaban J connectivity index is 2.30. The van der Waals surface area contributed by atoms with Crippen molar-refractivity contribution in [3.05, 3.63) is 41.7 Å². The molecule has 3 nitrogen and oxygen atoms in total. The minimum atomic E-state index is -0.916. The summed E-state index contributed by atoms with van der Waals surface area (Å²) in [5, 5.41) is 9.03. The van der Waals surface area contributed by atoms with Gasteiger partial charge >= 0.3 is 5.97 Å². The summed E-state index contributed by atoms with van der Waals surface area (Å²) >= 11 is 0. The average molecular weight is 217 g/mol. The molecule has 0 amide bonds. The number of rotatable bonds is 4. The molecule has 1 aromatic rings. The van der Waals surface area contributed by atoms with Crippen molar-refractivity contribution in [2.75, 3.05) is 0 Å². The number of aromatic nitrogens is 1. The lowest BCUT2D eigenvalue weighted by atomic mass is 9.96. The predicted octanol–water partition coefficient (Wildman–Crippen LogP) is 2.78. The molecule has 0 fully saturated rings. The molecule has 1 heterocycles. The minimum absolute atomic E-state index is 0.235. The van der Waals surface area contributed by atoms with Gasteiger partial charge in [-0.1, -0.05) is 6.08 Å². The second kappa shape index (κ2) is 4.47. The molecule has 16 heavy (non-hydrogen) atoms. The highest BCUT2D eigenvalue weighted by Gasteiger charge is 2.26. The van der Waals surface area contributed by atoms with Gasteiger partial charge in [-0.3, -0.25) is 0 Å². The van der Waals surface area contributed by atoms with Gasteiger partial charge in [-0.05, 0) is 48.8 Å². The maximum atomic E-state index is 11.0. The van der Waals surface area contributed by atoms with Crippen LogP contribution in [0.25, 0.3) is 0 Å². The van der Waals surface area contributed by atoms with Crippen molar-refractivity contribution in [2.45, 2.75) is 31.6 Å². The van der Waals surface area contributed by atoms with Crippen molar-refractivity contribution in [2.24, 2.45) is 0 Å². The van der Waals surface area contributed by atoms with Crippen LogP contribution < -0.4 is 0 Å². The van der Waals surface area contributed by atoms with E-state index in [0.29, 0.717) is 5.92 Å². The van der Waals surface area contributed by atoms with Crippen LogP contribution in [0.15, 0.2) is 24.9 Å². The van der Waals surface area contributed by atoms with Crippen LogP contribution in [-0.2, 0) is 6.42 Å². The highest BCUT2D eigenvalue weighted by Crippen LogP contribution is 2.37. The number of nitrogens with zero attached hydrogens (tertiary/aromatic N) is 1. The molecule has 0 aliphatic heterocycles. The molecular formula is C13H15NO2. The van der Waals surface area contributed by atoms with Crippen molar-refractivity contribution in [3.8, 4) is 0 Å². The highest BCUT2D eigenvalue weighted by atomic mass is 16.4. The standard InChI is InChI=1S/C13H15NO2/c1-2-3-4-9-5-6-11-10(9)7-8-14-12(11)13(15)16/h2,7-9H,1,3-6H2,(H,15,16)/t9-/m0/s1. The summed E-state index contributed by atoms with van der Waals surface area (Å²) in [5.74, 6) is -0.435. The Bertz CT molecular complexity index is 426. The molecule has 1 aliphatic carbocycles. The lowest BCUT2D eigenvalue weighted by molar-refractivity contribution is 0.0689. The molecule has 0 unspecified atom stereocenters. The molecule has 0 saturated heterocycles. The number of pyridine rings is 1. The van der Waals surface area contributed by atoms with Crippen LogP contribution >= 0.6 is 0 Å². The van der Waals surface area contributed by atoms with E-state index < -0.39 is 5.97 Å². The van der Waals surface area contributed by atoms with Gasteiger partial charge in [-0.15, -0.1) is 6.58 Å². The summed E-state index contributed by atoms with van der Waals surface area (Å²) < 4.78 is 0. The second-order valence-electron chi connectivity index (χ2n) is 4.13. The van der Waals surface area contributed by atoms with Gasteiger partial charge in [0.25, 0.3) is 0 Å². The van der Waals surface area contributed by atoms with Gasteiger partial charge in [-0.2, -0.15) is 0 Å². The first-order valence-corrected chi connectivity index (χ1v) is 5.56. The van der Waals surface area contributed by atoms with Gasteiger partial charge in [0.05, 0.1) is 0 Å². The smallest absolute Gasteiger partial charge is 0.354 e. The SMILES string of the molecule is C=CCC[C@H]1CCc2c1ccnc2C(=O)O. The third-order valence-corrected chi connectivity index (χ3v) is 3.20. The van der Waals surface area contributed by atoms with E-state index in [9.17, 15) is 4.79 Å². The van der Waals surface area contributed by atoms with Crippen molar-refractivity contribution in [1.29, 1.82) is 0 Å². The van der Waals surface area contributed by atoms with Gasteiger partial charge < -0.3 is 5.11 Å². The van der Waals surface area contributed by atoms with Crippen molar-refractivity contribution < 1.29 is 9.90 Å². The quantitative estimate of drug-likeness (QED) is 0.789. The summed E-state index contributed by atoms with van der Waals surface area (Å²) in [6.45, 7) is 3.72. The maximum Gasteiger partial charge on any atom is 0.354 e. The predicted molar refractivity (Wildman–Crippen MR) is 61.7 cm³/mol. The Morgan fingerprint density at radius 2 is 2.50 bits per heavy atom. The molecule has 0 bridgehead atoms. The first-order valence-electron chi connectivity index (χ1n) is 5.56. The molecule has 0 aromatic carbocycles. The number of hydrogen-bond donors (Lipinski definition) is 1. The highest BCUT2D eigenvalue weighted by molar-refractivity contribution is 5.87. The summed E-state index contributed by atoms with van der Waals surface area (Å²) in [6.07, 6.45) is 7.43. The van der Waals surface area contributed by atoms with E-state index in [1.54, 1.807) is 6.20 Å². The molecule has 3 heteroatoms. The summed E-state index contributed by atoms with van der Waals surface area (Å²) in [6, 6.07) is 1.96. The maximum absolute atomic E-state index is 11.0. The minimum Gasteiger partial charge on any atom is -0.477 e. The van der Waals surface area contributed by atoms with Crippen LogP contribution in [0.3, 0.4) is 0 Å². The van der Waals surface area contributed by atoms with Crippen LogP contribution in [0.4, 0.5) is 0 Å². The number of aromatic carboxylic acids is 1. The van der Waals surface area contributed by atoms with Crippen LogP contribution in [0.1, 0.15) is 46.8 Å². The van der Waals surface area contributed by atoms with Crippen LogP contribution in [0, 0.1) is 0 Å². The van der Waals surface area contributed by atoms with Crippen molar-refractivity contribution >= 4 is 5.97 Å². The van der Waals surface area contributed by atoms with E-state index >= 15 is 0 Å². The zero-order chi connectivity index (χ0) is 11.5. The molecule has 1 atom stereocenters. The third kappa shape index (κ3) is 1.85. The van der Waals surface area contributed by atoms with E-state index in [0.717, 1.165) is 31.2 Å². The molecule has 84 valence electrons. The first-order chi connectivity index (χ1) is 7.74. The van der Waals surface area contributed by atoms with Crippen LogP contribution in [0.2, 0.25) is 0 Å². The number of fused-ring (bicyclic) bond motifs is 1. The topological polar surface area (TPSA) is 50.2 Å². The zero-order valence-corrected chi connectivity index (χ0v) is 9.15. The third-order valence-electron chi connectivity index (χ3n) is 3.20. The Labute approximate surface area is 94.8 Å². The fourth-order valence-corrected chi connectivity index (χ4v) is 2.43. The fraction of sp³-hybridized carbons (Fsp3) is 0.385. The molecule has 0 saturated carbocycles. The van der Waals surface area contributed by atoms with E-state index in [1.807, 2.05) is 12.1 Å². The van der Waals surface area contributed by atoms with Crippen molar-refractivity contribution in [1.82, 2.24) is 4.98 Å². The molecule has 2 rings (SSSR count). The van der Waals surface area contributed by atoms with Gasteiger partial charge in [0.2, 0.25) is 0 Å². The molecule has 1 aliphatic rings. The van der Waals surface area contributed by atoms with Gasteiger partial charge in [0, 0.05) is 6.20 Å². The van der Waals surface area contributed by atoms with Gasteiger partial charge in [0.1, 0.15) is 0 Å². The Morgan fingerprint density at radius 3 is 3.19 bits per heavy atom. The Hall–Kier alpha value is -1.64. The fourth-order valence-electron chi connectivity index (χ4n) is 2.43. The summed E-state index contributed by atoms with van der Waals surface area (Å²) in [5.41, 5.74) is 2.34. The van der Waals surface area contributed by atoms with E-state index in [2.05, 4.69) is 11.6 Å². The summed E-state index contributed by atoms with van der Waals surface area (Å²) in [4.78, 5) is 14.9. The number of allylic oxidation sites excluding steroid dienone is 1. The second-order valence-corrected chi connectivity index (χ2v) is 4.13. The monoisotopic (exact) mass is 217 g/mol. The molecular weight excluding hydrogens is 202 g/mol. The Morgan fingerprint density at radius 1 is 1.69 bits per heavy atom. The normalized spacial score (nSPS) is 18.1. The molecule has 0 spiro atoms. The number of carbonyl (C=O) groups is 1. The Kier molecular flexibility index (Phi) is 3.04. The first kappa shape index (κ1) is 10.9. The van der Waals surface area contributed by atoms with Crippen LogP contribution in [0.5, 0.6) is 0 Å². The van der Waals surface area contributed by atoms with Crippen LogP contribution in [-0.4, -0.2) is 16.1 Å². The van der Waals surface area contributed by atoms with Gasteiger partial charge in [0.15, 0.2) is 5.69 Å². The molecule has 1 aromatic heterocycles. The molecule has 1 N–H and O–H groups in total. The van der Waals surface area contributed by atoms with E-state index in [1.165, 1.54) is 5.56 Å². The van der Waals surface area contributed by atoms with Gasteiger partial charge in [-0.25, -0.2) is 9.78 Å². The molecule has 0 radical (unpaired) electrons. The van der Waals surface area contributed by atoms with Crippen molar-refractivity contribution in [3.63, 3.8) is 0 Å². The lowest BCUT2D eigenvalue weighted by Gasteiger charge is -2.09. The number of hydrogen-bond acceptors (Lipinski definition) is 2. The largest absolute Gasteiger partial charge is 0.477 e. The van der Waals surface area contributed by atoms with E-state index in [-0.39, 0.29) is 5.69 Å². The average Bonchev–Trinajstić information content (AvgIpc) is 2.69. The number of carboxylic acid groups (broad SMARTS) is 1. The lowest BCUT2D eigenvalue weighted by Crippen LogP contribution is -2.05. The zero-order valence-electron chi connectivity index (χ0n) is 9.15.